The first-order valence-electron chi connectivity index (χ1n) is 12.5. The zero-order chi connectivity index (χ0) is 24.5. The number of piperidine rings is 1. The molecule has 3 aromatic heterocycles. The largest absolute Gasteiger partial charge is 0.396 e. The minimum Gasteiger partial charge on any atom is -0.396 e. The van der Waals surface area contributed by atoms with Gasteiger partial charge in [-0.05, 0) is 60.7 Å². The molecule has 0 bridgehead atoms. The van der Waals surface area contributed by atoms with Crippen molar-refractivity contribution in [2.45, 2.75) is 18.9 Å². The number of fused-ring (bicyclic) bond motifs is 1. The van der Waals surface area contributed by atoms with Gasteiger partial charge in [0.2, 0.25) is 0 Å². The number of aliphatic hydroxyl groups excluding tert-OH is 1. The average Bonchev–Trinajstić information content (AvgIpc) is 3.36. The maximum absolute atomic E-state index is 14.0. The third kappa shape index (κ3) is 4.40. The van der Waals surface area contributed by atoms with E-state index >= 15 is 0 Å². The molecule has 1 aromatic carbocycles. The number of hydrogen-bond donors (Lipinski definition) is 1. The van der Waals surface area contributed by atoms with E-state index in [0.717, 1.165) is 60.2 Å². The molecule has 6 rings (SSSR count). The highest BCUT2D eigenvalue weighted by Crippen LogP contribution is 2.30. The number of anilines is 2. The Morgan fingerprint density at radius 1 is 1.00 bits per heavy atom. The van der Waals surface area contributed by atoms with Crippen molar-refractivity contribution < 1.29 is 14.2 Å². The van der Waals surface area contributed by atoms with Crippen LogP contribution in [-0.4, -0.2) is 64.1 Å². The van der Waals surface area contributed by atoms with Crippen LogP contribution in [-0.2, 0) is 4.74 Å². The quantitative estimate of drug-likeness (QED) is 0.459. The lowest BCUT2D eigenvalue weighted by atomic mass is 9.98. The molecule has 4 aromatic rings. The van der Waals surface area contributed by atoms with E-state index in [4.69, 9.17) is 14.8 Å². The molecular weight excluding hydrogens is 459 g/mol. The maximum Gasteiger partial charge on any atom is 0.154 e. The molecular formula is C27H29FN6O2. The normalized spacial score (nSPS) is 19.2. The minimum atomic E-state index is -0.259. The van der Waals surface area contributed by atoms with Crippen LogP contribution < -0.4 is 9.80 Å². The number of ether oxygens (including phenoxy) is 1. The van der Waals surface area contributed by atoms with Crippen molar-refractivity contribution in [3.8, 4) is 11.4 Å². The van der Waals surface area contributed by atoms with Gasteiger partial charge in [-0.2, -0.15) is 0 Å². The van der Waals surface area contributed by atoms with Crippen molar-refractivity contribution in [1.29, 1.82) is 0 Å². The van der Waals surface area contributed by atoms with Gasteiger partial charge in [0, 0.05) is 26.2 Å². The molecule has 2 aliphatic rings. The number of morpholine rings is 1. The van der Waals surface area contributed by atoms with E-state index in [1.54, 1.807) is 18.3 Å². The van der Waals surface area contributed by atoms with Gasteiger partial charge >= 0.3 is 0 Å². The predicted octanol–water partition coefficient (Wildman–Crippen LogP) is 3.72. The van der Waals surface area contributed by atoms with Crippen molar-refractivity contribution in [3.63, 3.8) is 0 Å². The molecule has 2 fully saturated rings. The maximum atomic E-state index is 14.0. The molecule has 2 saturated heterocycles. The number of pyridine rings is 1. The van der Waals surface area contributed by atoms with Crippen LogP contribution in [0.4, 0.5) is 16.0 Å². The highest BCUT2D eigenvalue weighted by Gasteiger charge is 2.27. The Labute approximate surface area is 209 Å². The third-order valence-electron chi connectivity index (χ3n) is 7.20. The molecule has 0 amide bonds. The van der Waals surface area contributed by atoms with Crippen LogP contribution in [0.3, 0.4) is 0 Å². The Hall–Kier alpha value is -3.56. The van der Waals surface area contributed by atoms with Crippen molar-refractivity contribution >= 4 is 17.3 Å². The molecule has 0 spiro atoms. The summed E-state index contributed by atoms with van der Waals surface area (Å²) in [5.74, 6) is 1.82. The zero-order valence-electron chi connectivity index (χ0n) is 20.0. The molecule has 2 aliphatic heterocycles. The first-order valence-corrected chi connectivity index (χ1v) is 12.5. The Morgan fingerprint density at radius 2 is 1.86 bits per heavy atom. The number of halogens is 1. The van der Waals surface area contributed by atoms with Crippen LogP contribution in [0.2, 0.25) is 0 Å². The van der Waals surface area contributed by atoms with E-state index in [-0.39, 0.29) is 18.5 Å². The number of rotatable bonds is 5. The first kappa shape index (κ1) is 22.9. The summed E-state index contributed by atoms with van der Waals surface area (Å²) in [5.41, 5.74) is 3.22. The van der Waals surface area contributed by atoms with Gasteiger partial charge in [-0.3, -0.25) is 0 Å². The monoisotopic (exact) mass is 488 g/mol. The average molecular weight is 489 g/mol. The number of hydrogen-bond acceptors (Lipinski definition) is 7. The summed E-state index contributed by atoms with van der Waals surface area (Å²) in [6.07, 6.45) is 3.74. The summed E-state index contributed by atoms with van der Waals surface area (Å²) in [4.78, 5) is 13.9. The Morgan fingerprint density at radius 3 is 2.69 bits per heavy atom. The molecule has 1 N–H and O–H groups in total. The second-order valence-corrected chi connectivity index (χ2v) is 9.44. The highest BCUT2D eigenvalue weighted by molar-refractivity contribution is 5.62. The molecule has 0 radical (unpaired) electrons. The fraction of sp³-hybridized carbons (Fsp3) is 0.370. The summed E-state index contributed by atoms with van der Waals surface area (Å²) in [6, 6.07) is 16.5. The summed E-state index contributed by atoms with van der Waals surface area (Å²) in [5, 5.41) is 14.4. The van der Waals surface area contributed by atoms with Gasteiger partial charge in [0.15, 0.2) is 5.65 Å². The second-order valence-electron chi connectivity index (χ2n) is 9.44. The molecule has 8 nitrogen and oxygen atoms in total. The third-order valence-corrected chi connectivity index (χ3v) is 7.20. The molecule has 0 aliphatic carbocycles. The van der Waals surface area contributed by atoms with Crippen molar-refractivity contribution in [3.05, 3.63) is 72.2 Å². The topological polar surface area (TPSA) is 79.0 Å². The summed E-state index contributed by atoms with van der Waals surface area (Å²) < 4.78 is 21.5. The van der Waals surface area contributed by atoms with Crippen molar-refractivity contribution in [2.24, 2.45) is 5.92 Å². The van der Waals surface area contributed by atoms with Crippen LogP contribution in [0.15, 0.2) is 60.8 Å². The molecule has 186 valence electrons. The molecule has 36 heavy (non-hydrogen) atoms. The van der Waals surface area contributed by atoms with Crippen molar-refractivity contribution in [1.82, 2.24) is 19.6 Å². The molecule has 1 atom stereocenters. The van der Waals surface area contributed by atoms with Crippen molar-refractivity contribution in [2.75, 3.05) is 49.3 Å². The van der Waals surface area contributed by atoms with Gasteiger partial charge in [-0.25, -0.2) is 18.9 Å². The highest BCUT2D eigenvalue weighted by atomic mass is 19.1. The smallest absolute Gasteiger partial charge is 0.154 e. The van der Waals surface area contributed by atoms with Crippen LogP contribution >= 0.6 is 0 Å². The molecule has 5 heterocycles. The number of nitrogens with zero attached hydrogens (tertiary/aromatic N) is 6. The Kier molecular flexibility index (Phi) is 6.25. The van der Waals surface area contributed by atoms with E-state index in [9.17, 15) is 9.50 Å². The van der Waals surface area contributed by atoms with Crippen LogP contribution in [0, 0.1) is 11.7 Å². The van der Waals surface area contributed by atoms with Gasteiger partial charge in [-0.15, -0.1) is 5.10 Å². The SMILES string of the molecule is OCC1CCN(c2cccc(-c3cnc4ccc(N5CCOCC5c5cccc(F)c5)nn34)n2)CC1. The lowest BCUT2D eigenvalue weighted by Crippen LogP contribution is -2.40. The van der Waals surface area contributed by atoms with E-state index in [1.807, 2.05) is 40.9 Å². The second kappa shape index (κ2) is 9.83. The van der Waals surface area contributed by atoms with Gasteiger partial charge < -0.3 is 19.6 Å². The summed E-state index contributed by atoms with van der Waals surface area (Å²) in [6.45, 7) is 3.72. The number of aromatic nitrogens is 4. The van der Waals surface area contributed by atoms with E-state index in [2.05, 4.69) is 14.8 Å². The van der Waals surface area contributed by atoms with Crippen LogP contribution in [0.5, 0.6) is 0 Å². The fourth-order valence-electron chi connectivity index (χ4n) is 5.15. The fourth-order valence-corrected chi connectivity index (χ4v) is 5.15. The zero-order valence-corrected chi connectivity index (χ0v) is 20.0. The standard InChI is InChI=1S/C27H29FN6O2/c28-21-4-1-3-20(15-21)24-18-36-14-13-33(24)27-8-7-25-29-16-23(34(25)31-27)22-5-2-6-26(30-22)32-11-9-19(17-35)10-12-32/h1-8,15-16,19,24,35H,9-14,17-18H2. The number of benzene rings is 1. The predicted molar refractivity (Wildman–Crippen MR) is 136 cm³/mol. The van der Waals surface area contributed by atoms with Gasteiger partial charge in [0.1, 0.15) is 23.1 Å². The van der Waals surface area contributed by atoms with E-state index in [1.165, 1.54) is 6.07 Å². The molecule has 0 saturated carbocycles. The van der Waals surface area contributed by atoms with Gasteiger partial charge in [0.25, 0.3) is 0 Å². The van der Waals surface area contributed by atoms with Gasteiger partial charge in [-0.1, -0.05) is 18.2 Å². The minimum absolute atomic E-state index is 0.130. The molecule has 9 heteroatoms. The Balaban J connectivity index is 1.32. The van der Waals surface area contributed by atoms with E-state index < -0.39 is 0 Å². The molecule has 1 unspecified atom stereocenters. The lowest BCUT2D eigenvalue weighted by molar-refractivity contribution is 0.0935. The lowest BCUT2D eigenvalue weighted by Gasteiger charge is -2.36. The van der Waals surface area contributed by atoms with E-state index in [0.29, 0.717) is 25.7 Å². The summed E-state index contributed by atoms with van der Waals surface area (Å²) in [7, 11) is 0. The van der Waals surface area contributed by atoms with Crippen LogP contribution in [0.1, 0.15) is 24.4 Å². The number of imidazole rings is 1. The van der Waals surface area contributed by atoms with Gasteiger partial charge in [0.05, 0.1) is 31.1 Å². The van der Waals surface area contributed by atoms with Crippen LogP contribution in [0.25, 0.3) is 17.0 Å². The first-order chi connectivity index (χ1) is 17.7. The summed E-state index contributed by atoms with van der Waals surface area (Å²) >= 11 is 0. The Bertz CT molecular complexity index is 1350. The number of aliphatic hydroxyl groups is 1.